The van der Waals surface area contributed by atoms with Crippen molar-refractivity contribution in [2.24, 2.45) is 0 Å². The van der Waals surface area contributed by atoms with E-state index in [-0.39, 0.29) is 11.6 Å². The fourth-order valence-electron chi connectivity index (χ4n) is 3.72. The molecule has 0 heterocycles. The highest BCUT2D eigenvalue weighted by Crippen LogP contribution is 2.38. The van der Waals surface area contributed by atoms with E-state index < -0.39 is 5.54 Å². The third-order valence-corrected chi connectivity index (χ3v) is 5.04. The molecule has 0 unspecified atom stereocenters. The molecule has 29 heavy (non-hydrogen) atoms. The van der Waals surface area contributed by atoms with Gasteiger partial charge in [-0.1, -0.05) is 54.6 Å². The molecule has 0 atom stereocenters. The van der Waals surface area contributed by atoms with E-state index in [9.17, 15) is 4.39 Å². The van der Waals surface area contributed by atoms with Crippen LogP contribution in [-0.2, 0) is 0 Å². The van der Waals surface area contributed by atoms with E-state index in [0.717, 1.165) is 21.9 Å². The Morgan fingerprint density at radius 2 is 1.17 bits per heavy atom. The van der Waals surface area contributed by atoms with Gasteiger partial charge in [0.25, 0.3) is 0 Å². The molecule has 0 bridgehead atoms. The topological polar surface area (TPSA) is 3.24 Å². The number of rotatable bonds is 3. The van der Waals surface area contributed by atoms with Crippen LogP contribution in [0.4, 0.5) is 20.2 Å². The molecule has 0 fully saturated rings. The molecule has 4 aromatic carbocycles. The van der Waals surface area contributed by atoms with Gasteiger partial charge in [0.15, 0.2) is 0 Å². The van der Waals surface area contributed by atoms with Gasteiger partial charge in [-0.15, -0.1) is 0 Å². The average Bonchev–Trinajstić information content (AvgIpc) is 2.69. The highest BCUT2D eigenvalue weighted by atomic mass is 19.1. The number of halogens is 2. The highest BCUT2D eigenvalue weighted by molar-refractivity contribution is 5.87. The van der Waals surface area contributed by atoms with Crippen LogP contribution in [0, 0.1) is 11.6 Å². The first-order valence-corrected chi connectivity index (χ1v) is 9.68. The minimum absolute atomic E-state index is 0.354. The van der Waals surface area contributed by atoms with Gasteiger partial charge in [-0.25, -0.2) is 8.78 Å². The summed E-state index contributed by atoms with van der Waals surface area (Å²) in [4.78, 5) is 1.71. The molecule has 0 saturated carbocycles. The summed E-state index contributed by atoms with van der Waals surface area (Å²) in [5, 5.41) is 2.25. The van der Waals surface area contributed by atoms with Crippen molar-refractivity contribution in [2.75, 3.05) is 4.90 Å². The number of fused-ring (bicyclic) bond motifs is 1. The summed E-state index contributed by atoms with van der Waals surface area (Å²) in [6, 6.07) is 25.8. The second kappa shape index (κ2) is 7.32. The lowest BCUT2D eigenvalue weighted by molar-refractivity contribution is 0.527. The van der Waals surface area contributed by atoms with Crippen molar-refractivity contribution < 1.29 is 8.78 Å². The van der Waals surface area contributed by atoms with Crippen LogP contribution in [0.15, 0.2) is 84.9 Å². The van der Waals surface area contributed by atoms with Gasteiger partial charge in [0.1, 0.15) is 11.6 Å². The number of nitrogens with zero attached hydrogens (tertiary/aromatic N) is 1. The zero-order valence-corrected chi connectivity index (χ0v) is 16.8. The Morgan fingerprint density at radius 1 is 0.586 bits per heavy atom. The normalized spacial score (nSPS) is 11.6. The third kappa shape index (κ3) is 3.73. The molecule has 0 amide bonds. The summed E-state index contributed by atoms with van der Waals surface area (Å²) >= 11 is 0. The van der Waals surface area contributed by atoms with E-state index in [1.165, 1.54) is 12.1 Å². The Kier molecular flexibility index (Phi) is 4.83. The van der Waals surface area contributed by atoms with Crippen LogP contribution in [0.2, 0.25) is 0 Å². The van der Waals surface area contributed by atoms with Crippen molar-refractivity contribution >= 4 is 22.1 Å². The fourth-order valence-corrected chi connectivity index (χ4v) is 3.72. The number of para-hydroxylation sites is 1. The van der Waals surface area contributed by atoms with E-state index >= 15 is 4.39 Å². The molecule has 0 N–H and O–H groups in total. The minimum atomic E-state index is -0.506. The zero-order valence-electron chi connectivity index (χ0n) is 16.8. The van der Waals surface area contributed by atoms with Crippen LogP contribution >= 0.6 is 0 Å². The van der Waals surface area contributed by atoms with E-state index in [4.69, 9.17) is 0 Å². The van der Waals surface area contributed by atoms with Gasteiger partial charge in [-0.2, -0.15) is 0 Å². The Hall–Kier alpha value is -3.20. The molecule has 0 aliphatic carbocycles. The van der Waals surface area contributed by atoms with Gasteiger partial charge < -0.3 is 4.90 Å². The van der Waals surface area contributed by atoms with Crippen molar-refractivity contribution in [3.8, 4) is 11.1 Å². The lowest BCUT2D eigenvalue weighted by Crippen LogP contribution is -2.38. The van der Waals surface area contributed by atoms with Crippen LogP contribution < -0.4 is 4.90 Å². The van der Waals surface area contributed by atoms with Crippen molar-refractivity contribution in [3.05, 3.63) is 96.6 Å². The summed E-state index contributed by atoms with van der Waals surface area (Å²) in [5.74, 6) is -0.755. The molecule has 1 nitrogen and oxygen atoms in total. The predicted octanol–water partition coefficient (Wildman–Crippen LogP) is 7.72. The van der Waals surface area contributed by atoms with Gasteiger partial charge in [0.2, 0.25) is 0 Å². The molecule has 0 aromatic heterocycles. The predicted molar refractivity (Wildman–Crippen MR) is 118 cm³/mol. The Morgan fingerprint density at radius 3 is 1.86 bits per heavy atom. The first-order chi connectivity index (χ1) is 13.8. The highest BCUT2D eigenvalue weighted by Gasteiger charge is 2.28. The first kappa shape index (κ1) is 19.1. The minimum Gasteiger partial charge on any atom is -0.331 e. The lowest BCUT2D eigenvalue weighted by atomic mass is 9.99. The summed E-state index contributed by atoms with van der Waals surface area (Å²) in [5.41, 5.74) is 1.94. The maximum absolute atomic E-state index is 15.3. The summed E-state index contributed by atoms with van der Waals surface area (Å²) in [6.45, 7) is 5.82. The maximum Gasteiger partial charge on any atom is 0.147 e. The molecule has 0 aliphatic heterocycles. The third-order valence-electron chi connectivity index (χ3n) is 5.04. The molecule has 0 aliphatic rings. The smallest absolute Gasteiger partial charge is 0.147 e. The van der Waals surface area contributed by atoms with Crippen molar-refractivity contribution in [1.29, 1.82) is 0 Å². The van der Waals surface area contributed by atoms with Crippen molar-refractivity contribution in [2.45, 2.75) is 26.3 Å². The number of benzene rings is 4. The standard InChI is InChI=1S/C26H23F2N/c1-26(2,3)29(24-11-7-6-10-22(24)27)25-15-14-21(17-23(25)28)20-13-12-18-8-4-5-9-19(18)16-20/h4-17H,1-3H3. The molecule has 4 rings (SSSR count). The maximum atomic E-state index is 15.3. The number of hydrogen-bond donors (Lipinski definition) is 0. The van der Waals surface area contributed by atoms with Gasteiger partial charge in [0, 0.05) is 5.54 Å². The molecular formula is C26H23F2N. The summed E-state index contributed by atoms with van der Waals surface area (Å²) < 4.78 is 29.8. The van der Waals surface area contributed by atoms with E-state index in [0.29, 0.717) is 11.4 Å². The molecular weight excluding hydrogens is 364 g/mol. The van der Waals surface area contributed by atoms with Gasteiger partial charge in [0.05, 0.1) is 11.4 Å². The largest absolute Gasteiger partial charge is 0.331 e. The van der Waals surface area contributed by atoms with Crippen molar-refractivity contribution in [1.82, 2.24) is 0 Å². The SMILES string of the molecule is CC(C)(C)N(c1ccccc1F)c1ccc(-c2ccc3ccccc3c2)cc1F. The van der Waals surface area contributed by atoms with Gasteiger partial charge >= 0.3 is 0 Å². The van der Waals surface area contributed by atoms with E-state index in [1.54, 1.807) is 29.2 Å². The Labute approximate surface area is 170 Å². The molecule has 3 heteroatoms. The quantitative estimate of drug-likeness (QED) is 0.348. The van der Waals surface area contributed by atoms with Crippen LogP contribution in [0.3, 0.4) is 0 Å². The van der Waals surface area contributed by atoms with E-state index in [1.807, 2.05) is 57.2 Å². The van der Waals surface area contributed by atoms with Gasteiger partial charge in [-0.3, -0.25) is 0 Å². The van der Waals surface area contributed by atoms with Crippen LogP contribution in [-0.4, -0.2) is 5.54 Å². The molecule has 146 valence electrons. The Bertz CT molecular complexity index is 1170. The lowest BCUT2D eigenvalue weighted by Gasteiger charge is -2.38. The second-order valence-corrected chi connectivity index (χ2v) is 8.19. The average molecular weight is 387 g/mol. The van der Waals surface area contributed by atoms with E-state index in [2.05, 4.69) is 12.1 Å². The zero-order chi connectivity index (χ0) is 20.6. The van der Waals surface area contributed by atoms with Crippen LogP contribution in [0.5, 0.6) is 0 Å². The summed E-state index contributed by atoms with van der Waals surface area (Å²) in [7, 11) is 0. The molecule has 0 spiro atoms. The Balaban J connectivity index is 1.80. The molecule has 4 aromatic rings. The van der Waals surface area contributed by atoms with Crippen LogP contribution in [0.1, 0.15) is 20.8 Å². The van der Waals surface area contributed by atoms with Crippen molar-refractivity contribution in [3.63, 3.8) is 0 Å². The van der Waals surface area contributed by atoms with Gasteiger partial charge in [-0.05, 0) is 73.0 Å². The molecule has 0 radical (unpaired) electrons. The number of anilines is 2. The first-order valence-electron chi connectivity index (χ1n) is 9.68. The van der Waals surface area contributed by atoms with Crippen LogP contribution in [0.25, 0.3) is 21.9 Å². The summed E-state index contributed by atoms with van der Waals surface area (Å²) in [6.07, 6.45) is 0. The fraction of sp³-hybridized carbons (Fsp3) is 0.154. The molecule has 0 saturated heterocycles. The monoisotopic (exact) mass is 387 g/mol. The number of hydrogen-bond acceptors (Lipinski definition) is 1. The second-order valence-electron chi connectivity index (χ2n) is 8.19.